The lowest BCUT2D eigenvalue weighted by atomic mass is 10.2. The molecule has 0 amide bonds. The number of nitrogens with two attached hydrogens (primary N) is 1. The van der Waals surface area contributed by atoms with Gasteiger partial charge in [-0.1, -0.05) is 6.07 Å². The van der Waals surface area contributed by atoms with Crippen LogP contribution < -0.4 is 10.5 Å². The van der Waals surface area contributed by atoms with E-state index in [1.54, 1.807) is 19.1 Å². The normalized spacial score (nSPS) is 18.0. The zero-order valence-corrected chi connectivity index (χ0v) is 10.4. The van der Waals surface area contributed by atoms with Gasteiger partial charge in [0.25, 0.3) is 0 Å². The monoisotopic (exact) mass is 256 g/mol. The molecule has 17 heavy (non-hydrogen) atoms. The fraction of sp³-hybridized carbons (Fsp3) is 0.455. The van der Waals surface area contributed by atoms with Crippen molar-refractivity contribution in [3.63, 3.8) is 0 Å². The Labute approximate surface area is 101 Å². The van der Waals surface area contributed by atoms with Gasteiger partial charge in [-0.3, -0.25) is 0 Å². The van der Waals surface area contributed by atoms with E-state index in [-0.39, 0.29) is 11.5 Å². The van der Waals surface area contributed by atoms with Crippen molar-refractivity contribution in [1.82, 2.24) is 4.72 Å². The fourth-order valence-electron chi connectivity index (χ4n) is 1.71. The molecule has 0 unspecified atom stereocenters. The predicted octanol–water partition coefficient (Wildman–Crippen LogP) is 0.380. The third-order valence-electron chi connectivity index (χ3n) is 3.12. The van der Waals surface area contributed by atoms with Crippen LogP contribution in [0, 0.1) is 6.92 Å². The molecule has 0 radical (unpaired) electrons. The first-order valence-electron chi connectivity index (χ1n) is 5.40. The molecule has 1 fully saturated rings. The standard InChI is InChI=1S/C11H16N2O3S/c1-8-9(12)3-2-4-10(8)17(15,16)13-11(7-14)5-6-11/h2-4,13-14H,5-7,12H2,1H3. The van der Waals surface area contributed by atoms with Gasteiger partial charge in [0.2, 0.25) is 10.0 Å². The Morgan fingerprint density at radius 1 is 1.47 bits per heavy atom. The maximum absolute atomic E-state index is 12.1. The summed E-state index contributed by atoms with van der Waals surface area (Å²) in [5.74, 6) is 0. The van der Waals surface area contributed by atoms with Crippen LogP contribution >= 0.6 is 0 Å². The first kappa shape index (κ1) is 12.3. The van der Waals surface area contributed by atoms with E-state index in [1.807, 2.05) is 0 Å². The van der Waals surface area contributed by atoms with E-state index in [2.05, 4.69) is 4.72 Å². The second-order valence-electron chi connectivity index (χ2n) is 4.51. The smallest absolute Gasteiger partial charge is 0.241 e. The minimum Gasteiger partial charge on any atom is -0.398 e. The minimum absolute atomic E-state index is 0.173. The molecule has 0 heterocycles. The van der Waals surface area contributed by atoms with Gasteiger partial charge in [-0.15, -0.1) is 0 Å². The Morgan fingerprint density at radius 2 is 2.12 bits per heavy atom. The third kappa shape index (κ3) is 2.29. The molecular formula is C11H16N2O3S. The summed E-state index contributed by atoms with van der Waals surface area (Å²) in [6.07, 6.45) is 1.34. The molecule has 4 N–H and O–H groups in total. The van der Waals surface area contributed by atoms with Crippen molar-refractivity contribution < 1.29 is 13.5 Å². The average molecular weight is 256 g/mol. The van der Waals surface area contributed by atoms with Crippen LogP contribution in [0.2, 0.25) is 0 Å². The van der Waals surface area contributed by atoms with Crippen LogP contribution in [0.3, 0.4) is 0 Å². The number of rotatable bonds is 4. The summed E-state index contributed by atoms with van der Waals surface area (Å²) in [5.41, 5.74) is 6.01. The quantitative estimate of drug-likeness (QED) is 0.679. The Kier molecular flexibility index (Phi) is 2.89. The molecule has 0 bridgehead atoms. The molecule has 0 atom stereocenters. The summed E-state index contributed by atoms with van der Waals surface area (Å²) in [7, 11) is -3.61. The van der Waals surface area contributed by atoms with Crippen molar-refractivity contribution in [3.8, 4) is 0 Å². The summed E-state index contributed by atoms with van der Waals surface area (Å²) < 4.78 is 26.8. The van der Waals surface area contributed by atoms with E-state index in [0.29, 0.717) is 24.1 Å². The molecule has 94 valence electrons. The van der Waals surface area contributed by atoms with Gasteiger partial charge in [0.1, 0.15) is 0 Å². The molecule has 1 aromatic carbocycles. The maximum Gasteiger partial charge on any atom is 0.241 e. The average Bonchev–Trinajstić information content (AvgIpc) is 3.01. The molecule has 1 saturated carbocycles. The minimum atomic E-state index is -3.61. The molecule has 0 spiro atoms. The molecule has 0 aromatic heterocycles. The van der Waals surface area contributed by atoms with Crippen molar-refractivity contribution in [2.75, 3.05) is 12.3 Å². The number of sulfonamides is 1. The highest BCUT2D eigenvalue weighted by molar-refractivity contribution is 7.89. The molecule has 1 aromatic rings. The van der Waals surface area contributed by atoms with Crippen LogP contribution in [0.15, 0.2) is 23.1 Å². The lowest BCUT2D eigenvalue weighted by molar-refractivity contribution is 0.246. The predicted molar refractivity (Wildman–Crippen MR) is 65.0 cm³/mol. The van der Waals surface area contributed by atoms with Crippen LogP contribution in [0.4, 0.5) is 5.69 Å². The van der Waals surface area contributed by atoms with E-state index in [1.165, 1.54) is 6.07 Å². The van der Waals surface area contributed by atoms with E-state index in [0.717, 1.165) is 0 Å². The van der Waals surface area contributed by atoms with Crippen LogP contribution in [0.5, 0.6) is 0 Å². The molecule has 2 rings (SSSR count). The molecule has 6 heteroatoms. The molecule has 0 saturated heterocycles. The zero-order chi connectivity index (χ0) is 12.7. The second kappa shape index (κ2) is 3.97. The Balaban J connectivity index is 2.35. The van der Waals surface area contributed by atoms with Gasteiger partial charge < -0.3 is 10.8 Å². The van der Waals surface area contributed by atoms with Gasteiger partial charge in [0, 0.05) is 5.69 Å². The summed E-state index contributed by atoms with van der Waals surface area (Å²) in [6.45, 7) is 1.50. The van der Waals surface area contributed by atoms with Gasteiger partial charge in [0.05, 0.1) is 17.0 Å². The Hall–Kier alpha value is -1.11. The second-order valence-corrected chi connectivity index (χ2v) is 6.17. The van der Waals surface area contributed by atoms with Crippen molar-refractivity contribution in [1.29, 1.82) is 0 Å². The third-order valence-corrected chi connectivity index (χ3v) is 4.85. The molecule has 1 aliphatic carbocycles. The van der Waals surface area contributed by atoms with E-state index in [4.69, 9.17) is 10.8 Å². The fourth-order valence-corrected chi connectivity index (χ4v) is 3.43. The first-order chi connectivity index (χ1) is 7.90. The highest BCUT2D eigenvalue weighted by atomic mass is 32.2. The van der Waals surface area contributed by atoms with E-state index in [9.17, 15) is 8.42 Å². The summed E-state index contributed by atoms with van der Waals surface area (Å²) in [5, 5.41) is 9.14. The van der Waals surface area contributed by atoms with Crippen LogP contribution in [0.1, 0.15) is 18.4 Å². The Morgan fingerprint density at radius 3 is 2.65 bits per heavy atom. The summed E-state index contributed by atoms with van der Waals surface area (Å²) >= 11 is 0. The largest absolute Gasteiger partial charge is 0.398 e. The zero-order valence-electron chi connectivity index (χ0n) is 9.60. The van der Waals surface area contributed by atoms with E-state index >= 15 is 0 Å². The number of nitrogen functional groups attached to an aromatic ring is 1. The van der Waals surface area contributed by atoms with Crippen LogP contribution in [-0.2, 0) is 10.0 Å². The number of aliphatic hydroxyl groups excluding tert-OH is 1. The van der Waals surface area contributed by atoms with Crippen molar-refractivity contribution in [2.45, 2.75) is 30.2 Å². The number of hydrogen-bond donors (Lipinski definition) is 3. The Bertz CT molecular complexity index is 536. The van der Waals surface area contributed by atoms with Gasteiger partial charge in [-0.05, 0) is 37.5 Å². The number of nitrogens with one attached hydrogen (secondary N) is 1. The highest BCUT2D eigenvalue weighted by Crippen LogP contribution is 2.36. The lowest BCUT2D eigenvalue weighted by Gasteiger charge is -2.16. The summed E-state index contributed by atoms with van der Waals surface area (Å²) in [6, 6.07) is 4.78. The molecule has 0 aliphatic heterocycles. The summed E-state index contributed by atoms with van der Waals surface area (Å²) in [4.78, 5) is 0.178. The highest BCUT2D eigenvalue weighted by Gasteiger charge is 2.45. The van der Waals surface area contributed by atoms with Gasteiger partial charge in [-0.2, -0.15) is 0 Å². The lowest BCUT2D eigenvalue weighted by Crippen LogP contribution is -2.39. The topological polar surface area (TPSA) is 92.4 Å². The van der Waals surface area contributed by atoms with Crippen LogP contribution in [0.25, 0.3) is 0 Å². The van der Waals surface area contributed by atoms with Gasteiger partial charge >= 0.3 is 0 Å². The van der Waals surface area contributed by atoms with Gasteiger partial charge in [-0.25, -0.2) is 13.1 Å². The molecule has 5 nitrogen and oxygen atoms in total. The number of hydrogen-bond acceptors (Lipinski definition) is 4. The molecular weight excluding hydrogens is 240 g/mol. The van der Waals surface area contributed by atoms with E-state index < -0.39 is 15.6 Å². The van der Waals surface area contributed by atoms with Crippen molar-refractivity contribution in [3.05, 3.63) is 23.8 Å². The first-order valence-corrected chi connectivity index (χ1v) is 6.88. The molecule has 1 aliphatic rings. The van der Waals surface area contributed by atoms with Crippen LogP contribution in [-0.4, -0.2) is 25.7 Å². The number of aliphatic hydroxyl groups is 1. The number of anilines is 1. The van der Waals surface area contributed by atoms with Crippen molar-refractivity contribution >= 4 is 15.7 Å². The van der Waals surface area contributed by atoms with Crippen molar-refractivity contribution in [2.24, 2.45) is 0 Å². The SMILES string of the molecule is Cc1c(N)cccc1S(=O)(=O)NC1(CO)CC1. The van der Waals surface area contributed by atoms with Gasteiger partial charge in [0.15, 0.2) is 0 Å². The maximum atomic E-state index is 12.1. The number of benzene rings is 1.